The molecule has 2 aromatic rings. The Morgan fingerprint density at radius 1 is 1.45 bits per heavy atom. The highest BCUT2D eigenvalue weighted by Gasteiger charge is 2.28. The van der Waals surface area contributed by atoms with E-state index in [1.165, 1.54) is 0 Å². The molecule has 0 bridgehead atoms. The third kappa shape index (κ3) is 2.68. The van der Waals surface area contributed by atoms with E-state index in [4.69, 9.17) is 5.11 Å². The van der Waals surface area contributed by atoms with Crippen LogP contribution in [0.25, 0.3) is 5.65 Å². The van der Waals surface area contributed by atoms with E-state index in [9.17, 15) is 9.59 Å². The third-order valence-electron chi connectivity index (χ3n) is 4.26. The summed E-state index contributed by atoms with van der Waals surface area (Å²) in [5.41, 5.74) is 2.75. The first kappa shape index (κ1) is 14.6. The van der Waals surface area contributed by atoms with Gasteiger partial charge in [0.2, 0.25) is 5.91 Å². The summed E-state index contributed by atoms with van der Waals surface area (Å²) in [4.78, 5) is 29.6. The number of amides is 1. The summed E-state index contributed by atoms with van der Waals surface area (Å²) in [5.74, 6) is -1.29. The van der Waals surface area contributed by atoms with Crippen molar-refractivity contribution in [2.75, 3.05) is 13.1 Å². The van der Waals surface area contributed by atoms with Crippen LogP contribution in [0.2, 0.25) is 0 Å². The summed E-state index contributed by atoms with van der Waals surface area (Å²) >= 11 is 0. The van der Waals surface area contributed by atoms with Crippen molar-refractivity contribution in [3.05, 3.63) is 35.8 Å². The summed E-state index contributed by atoms with van der Waals surface area (Å²) in [6.45, 7) is 2.93. The van der Waals surface area contributed by atoms with Crippen LogP contribution in [0.5, 0.6) is 0 Å². The van der Waals surface area contributed by atoms with Crippen LogP contribution in [0.4, 0.5) is 0 Å². The van der Waals surface area contributed by atoms with Crippen molar-refractivity contribution in [3.8, 4) is 0 Å². The number of nitrogens with zero attached hydrogens (tertiary/aromatic N) is 3. The first-order valence-electron chi connectivity index (χ1n) is 7.48. The van der Waals surface area contributed by atoms with Crippen LogP contribution in [-0.4, -0.2) is 44.4 Å². The molecular formula is C16H19N3O3. The van der Waals surface area contributed by atoms with E-state index in [-0.39, 0.29) is 12.3 Å². The van der Waals surface area contributed by atoms with Crippen molar-refractivity contribution in [3.63, 3.8) is 0 Å². The van der Waals surface area contributed by atoms with Gasteiger partial charge in [-0.3, -0.25) is 9.59 Å². The summed E-state index contributed by atoms with van der Waals surface area (Å²) < 4.78 is 1.92. The quantitative estimate of drug-likeness (QED) is 0.932. The lowest BCUT2D eigenvalue weighted by Gasteiger charge is -2.30. The number of aromatic nitrogens is 2. The molecule has 0 saturated carbocycles. The second-order valence-electron chi connectivity index (χ2n) is 5.83. The van der Waals surface area contributed by atoms with Gasteiger partial charge in [0.15, 0.2) is 0 Å². The molecule has 3 rings (SSSR count). The van der Waals surface area contributed by atoms with Crippen LogP contribution in [0.1, 0.15) is 24.1 Å². The van der Waals surface area contributed by atoms with E-state index in [1.807, 2.05) is 29.7 Å². The maximum absolute atomic E-state index is 12.5. The monoisotopic (exact) mass is 301 g/mol. The lowest BCUT2D eigenvalue weighted by atomic mass is 9.98. The molecular weight excluding hydrogens is 282 g/mol. The smallest absolute Gasteiger partial charge is 0.308 e. The number of carboxylic acid groups (broad SMARTS) is 1. The van der Waals surface area contributed by atoms with Crippen molar-refractivity contribution in [1.29, 1.82) is 0 Å². The van der Waals surface area contributed by atoms with Crippen LogP contribution in [0.15, 0.2) is 24.5 Å². The van der Waals surface area contributed by atoms with Crippen molar-refractivity contribution < 1.29 is 14.7 Å². The number of carbonyl (C=O) groups excluding carboxylic acids is 1. The SMILES string of the molecule is Cc1cccn2c(CC(=O)N3CCCC(C(=O)O)C3)cnc12. The maximum Gasteiger partial charge on any atom is 0.308 e. The van der Waals surface area contributed by atoms with Crippen LogP contribution in [-0.2, 0) is 16.0 Å². The maximum atomic E-state index is 12.5. The highest BCUT2D eigenvalue weighted by molar-refractivity contribution is 5.80. The molecule has 1 saturated heterocycles. The van der Waals surface area contributed by atoms with Gasteiger partial charge in [-0.15, -0.1) is 0 Å². The zero-order chi connectivity index (χ0) is 15.7. The van der Waals surface area contributed by atoms with E-state index in [1.54, 1.807) is 11.1 Å². The molecule has 1 N–H and O–H groups in total. The molecule has 22 heavy (non-hydrogen) atoms. The Kier molecular flexibility index (Phi) is 3.83. The fraction of sp³-hybridized carbons (Fsp3) is 0.438. The summed E-state index contributed by atoms with van der Waals surface area (Å²) in [6.07, 6.45) is 5.26. The number of rotatable bonds is 3. The molecule has 1 unspecified atom stereocenters. The first-order chi connectivity index (χ1) is 10.6. The molecule has 1 atom stereocenters. The van der Waals surface area contributed by atoms with Gasteiger partial charge < -0.3 is 14.4 Å². The Bertz CT molecular complexity index is 722. The number of fused-ring (bicyclic) bond motifs is 1. The summed E-state index contributed by atoms with van der Waals surface area (Å²) in [7, 11) is 0. The molecule has 6 heteroatoms. The molecule has 2 aromatic heterocycles. The largest absolute Gasteiger partial charge is 0.481 e. The Labute approximate surface area is 128 Å². The highest BCUT2D eigenvalue weighted by atomic mass is 16.4. The zero-order valence-corrected chi connectivity index (χ0v) is 12.5. The molecule has 0 aromatic carbocycles. The second-order valence-corrected chi connectivity index (χ2v) is 5.83. The third-order valence-corrected chi connectivity index (χ3v) is 4.26. The number of aliphatic carboxylic acids is 1. The Balaban J connectivity index is 1.76. The van der Waals surface area contributed by atoms with E-state index >= 15 is 0 Å². The zero-order valence-electron chi connectivity index (χ0n) is 12.5. The molecule has 0 spiro atoms. The Morgan fingerprint density at radius 2 is 2.27 bits per heavy atom. The van der Waals surface area contributed by atoms with Crippen molar-refractivity contribution in [2.24, 2.45) is 5.92 Å². The molecule has 116 valence electrons. The molecule has 1 aliphatic rings. The predicted octanol–water partition coefficient (Wildman–Crippen LogP) is 1.51. The minimum atomic E-state index is -0.817. The lowest BCUT2D eigenvalue weighted by Crippen LogP contribution is -2.43. The predicted molar refractivity (Wildman–Crippen MR) is 80.6 cm³/mol. The average molecular weight is 301 g/mol. The number of carbonyl (C=O) groups is 2. The number of pyridine rings is 1. The van der Waals surface area contributed by atoms with Crippen molar-refractivity contribution in [2.45, 2.75) is 26.2 Å². The van der Waals surface area contributed by atoms with E-state index in [0.717, 1.165) is 23.3 Å². The minimum Gasteiger partial charge on any atom is -0.481 e. The van der Waals surface area contributed by atoms with Gasteiger partial charge in [0.25, 0.3) is 0 Å². The molecule has 0 radical (unpaired) electrons. The standard InChI is InChI=1S/C16H19N3O3/c1-11-4-2-7-19-13(9-17-15(11)19)8-14(20)18-6-3-5-12(10-18)16(21)22/h2,4,7,9,12H,3,5-6,8,10H2,1H3,(H,21,22). The van der Waals surface area contributed by atoms with Crippen LogP contribution < -0.4 is 0 Å². The Hall–Kier alpha value is -2.37. The number of hydrogen-bond acceptors (Lipinski definition) is 3. The molecule has 1 amide bonds. The second kappa shape index (κ2) is 5.79. The van der Waals surface area contributed by atoms with Gasteiger partial charge in [-0.2, -0.15) is 0 Å². The number of aryl methyl sites for hydroxylation is 1. The highest BCUT2D eigenvalue weighted by Crippen LogP contribution is 2.18. The normalized spacial score (nSPS) is 18.6. The van der Waals surface area contributed by atoms with Gasteiger partial charge in [-0.05, 0) is 31.4 Å². The fourth-order valence-corrected chi connectivity index (χ4v) is 3.01. The molecule has 1 fully saturated rings. The summed E-state index contributed by atoms with van der Waals surface area (Å²) in [6, 6.07) is 3.91. The van der Waals surface area contributed by atoms with Crippen LogP contribution in [0.3, 0.4) is 0 Å². The van der Waals surface area contributed by atoms with Crippen molar-refractivity contribution >= 4 is 17.5 Å². The van der Waals surface area contributed by atoms with Gasteiger partial charge in [0.1, 0.15) is 5.65 Å². The van der Waals surface area contributed by atoms with Crippen LogP contribution >= 0.6 is 0 Å². The van der Waals surface area contributed by atoms with E-state index in [2.05, 4.69) is 4.98 Å². The first-order valence-corrected chi connectivity index (χ1v) is 7.48. The average Bonchev–Trinajstić information content (AvgIpc) is 2.92. The van der Waals surface area contributed by atoms with Crippen molar-refractivity contribution in [1.82, 2.24) is 14.3 Å². The number of hydrogen-bond donors (Lipinski definition) is 1. The van der Waals surface area contributed by atoms with E-state index < -0.39 is 11.9 Å². The topological polar surface area (TPSA) is 74.9 Å². The molecule has 0 aliphatic carbocycles. The lowest BCUT2D eigenvalue weighted by molar-refractivity contribution is -0.145. The fourth-order valence-electron chi connectivity index (χ4n) is 3.01. The Morgan fingerprint density at radius 3 is 3.05 bits per heavy atom. The molecule has 6 nitrogen and oxygen atoms in total. The van der Waals surface area contributed by atoms with Gasteiger partial charge in [0, 0.05) is 25.5 Å². The summed E-state index contributed by atoms with van der Waals surface area (Å²) in [5, 5.41) is 9.11. The number of piperidine rings is 1. The van der Waals surface area contributed by atoms with Gasteiger partial charge in [0.05, 0.1) is 18.0 Å². The number of imidazole rings is 1. The number of carboxylic acids is 1. The number of likely N-dealkylation sites (tertiary alicyclic amines) is 1. The van der Waals surface area contributed by atoms with Gasteiger partial charge in [-0.1, -0.05) is 6.07 Å². The molecule has 3 heterocycles. The van der Waals surface area contributed by atoms with Gasteiger partial charge in [-0.25, -0.2) is 4.98 Å². The van der Waals surface area contributed by atoms with E-state index in [0.29, 0.717) is 19.5 Å². The molecule has 1 aliphatic heterocycles. The minimum absolute atomic E-state index is 0.0331. The van der Waals surface area contributed by atoms with Gasteiger partial charge >= 0.3 is 5.97 Å². The van der Waals surface area contributed by atoms with Crippen LogP contribution in [0, 0.1) is 12.8 Å².